The minimum absolute atomic E-state index is 0.115. The van der Waals surface area contributed by atoms with Crippen molar-refractivity contribution in [3.05, 3.63) is 18.2 Å². The third kappa shape index (κ3) is 4.49. The lowest BCUT2D eigenvalue weighted by Crippen LogP contribution is -2.40. The van der Waals surface area contributed by atoms with Crippen molar-refractivity contribution in [2.75, 3.05) is 33.1 Å². The summed E-state index contributed by atoms with van der Waals surface area (Å²) in [6, 6.07) is 5.36. The predicted molar refractivity (Wildman–Crippen MR) is 98.5 cm³/mol. The van der Waals surface area contributed by atoms with E-state index in [1.807, 2.05) is 4.90 Å². The van der Waals surface area contributed by atoms with E-state index < -0.39 is 0 Å². The number of piperidine rings is 1. The molecule has 0 unspecified atom stereocenters. The number of nitrogens with zero attached hydrogens (tertiary/aromatic N) is 3. The number of methoxy groups -OCH3 is 2. The topological polar surface area (TPSA) is 77.7 Å². The van der Waals surface area contributed by atoms with E-state index >= 15 is 0 Å². The second-order valence-electron chi connectivity index (χ2n) is 6.35. The molecular weight excluding hydrogens is 354 g/mol. The third-order valence-corrected chi connectivity index (χ3v) is 5.14. The van der Waals surface area contributed by atoms with Gasteiger partial charge in [0.15, 0.2) is 0 Å². The van der Waals surface area contributed by atoms with Gasteiger partial charge in [-0.05, 0) is 30.9 Å². The van der Waals surface area contributed by atoms with Gasteiger partial charge in [0.2, 0.25) is 11.8 Å². The molecule has 1 aromatic carbocycles. The Hall–Kier alpha value is -2.22. The zero-order valence-corrected chi connectivity index (χ0v) is 16.0. The maximum atomic E-state index is 12.3. The average molecular weight is 377 g/mol. The Morgan fingerprint density at radius 1 is 1.27 bits per heavy atom. The van der Waals surface area contributed by atoms with E-state index in [2.05, 4.69) is 17.1 Å². The van der Waals surface area contributed by atoms with Gasteiger partial charge in [-0.25, -0.2) is 0 Å². The van der Waals surface area contributed by atoms with E-state index in [0.717, 1.165) is 19.5 Å². The lowest BCUT2D eigenvalue weighted by molar-refractivity contribution is -0.130. The number of rotatable bonds is 6. The molecule has 1 amide bonds. The number of hydrogen-bond acceptors (Lipinski definition) is 7. The molecule has 0 aliphatic carbocycles. The monoisotopic (exact) mass is 377 g/mol. The van der Waals surface area contributed by atoms with Gasteiger partial charge < -0.3 is 18.8 Å². The molecule has 0 spiro atoms. The van der Waals surface area contributed by atoms with Crippen LogP contribution in [0.25, 0.3) is 11.5 Å². The molecule has 0 bridgehead atoms. The average Bonchev–Trinajstić information content (AvgIpc) is 3.14. The minimum Gasteiger partial charge on any atom is -0.497 e. The number of thioether (sulfide) groups is 1. The number of amides is 1. The van der Waals surface area contributed by atoms with Crippen LogP contribution in [0.4, 0.5) is 0 Å². The van der Waals surface area contributed by atoms with Crippen molar-refractivity contribution in [2.24, 2.45) is 5.92 Å². The standard InChI is InChI=1S/C18H23N3O4S/c1-12-5-4-6-21(10-12)16(22)11-26-18-20-19-17(25-18)13-7-14(23-2)9-15(8-13)24-3/h7-9,12H,4-6,10-11H2,1-3H3/t12-/m1/s1. The fraction of sp³-hybridized carbons (Fsp3) is 0.500. The fourth-order valence-corrected chi connectivity index (χ4v) is 3.61. The van der Waals surface area contributed by atoms with Crippen LogP contribution in [0.2, 0.25) is 0 Å². The molecule has 26 heavy (non-hydrogen) atoms. The molecule has 1 aromatic heterocycles. The first-order chi connectivity index (χ1) is 12.6. The minimum atomic E-state index is 0.115. The summed E-state index contributed by atoms with van der Waals surface area (Å²) < 4.78 is 16.2. The van der Waals surface area contributed by atoms with E-state index in [4.69, 9.17) is 13.9 Å². The molecule has 0 saturated carbocycles. The van der Waals surface area contributed by atoms with Gasteiger partial charge in [0, 0.05) is 24.7 Å². The van der Waals surface area contributed by atoms with Gasteiger partial charge in [-0.1, -0.05) is 18.7 Å². The number of carbonyl (C=O) groups excluding carboxylic acids is 1. The second-order valence-corrected chi connectivity index (χ2v) is 7.28. The second kappa shape index (κ2) is 8.44. The molecule has 140 valence electrons. The first-order valence-electron chi connectivity index (χ1n) is 8.56. The highest BCUT2D eigenvalue weighted by Gasteiger charge is 2.21. The van der Waals surface area contributed by atoms with Crippen LogP contribution < -0.4 is 9.47 Å². The van der Waals surface area contributed by atoms with Crippen LogP contribution in [0.3, 0.4) is 0 Å². The Morgan fingerprint density at radius 3 is 2.65 bits per heavy atom. The molecule has 1 atom stereocenters. The zero-order chi connectivity index (χ0) is 18.5. The molecule has 1 aliphatic rings. The largest absolute Gasteiger partial charge is 0.497 e. The van der Waals surface area contributed by atoms with Gasteiger partial charge in [0.1, 0.15) is 11.5 Å². The van der Waals surface area contributed by atoms with Crippen molar-refractivity contribution in [1.82, 2.24) is 15.1 Å². The number of hydrogen-bond donors (Lipinski definition) is 0. The van der Waals surface area contributed by atoms with Crippen molar-refractivity contribution >= 4 is 17.7 Å². The zero-order valence-electron chi connectivity index (χ0n) is 15.2. The number of likely N-dealkylation sites (tertiary alicyclic amines) is 1. The molecule has 2 aromatic rings. The molecule has 1 aliphatic heterocycles. The molecule has 1 fully saturated rings. The Kier molecular flexibility index (Phi) is 6.03. The number of carbonyl (C=O) groups is 1. The van der Waals surface area contributed by atoms with Crippen LogP contribution in [0.15, 0.2) is 27.8 Å². The van der Waals surface area contributed by atoms with Gasteiger partial charge in [-0.3, -0.25) is 4.79 Å². The highest BCUT2D eigenvalue weighted by atomic mass is 32.2. The van der Waals surface area contributed by atoms with E-state index in [1.54, 1.807) is 32.4 Å². The number of benzene rings is 1. The first-order valence-corrected chi connectivity index (χ1v) is 9.55. The summed E-state index contributed by atoms with van der Waals surface area (Å²) in [5, 5.41) is 8.47. The summed E-state index contributed by atoms with van der Waals surface area (Å²) in [7, 11) is 3.17. The number of ether oxygens (including phenoxy) is 2. The maximum absolute atomic E-state index is 12.3. The van der Waals surface area contributed by atoms with Gasteiger partial charge in [-0.15, -0.1) is 10.2 Å². The summed E-state index contributed by atoms with van der Waals surface area (Å²) in [6.45, 7) is 3.85. The fourth-order valence-electron chi connectivity index (χ4n) is 2.95. The Labute approximate surface area is 157 Å². The van der Waals surface area contributed by atoms with E-state index in [9.17, 15) is 4.79 Å². The van der Waals surface area contributed by atoms with Crippen molar-refractivity contribution < 1.29 is 18.7 Å². The van der Waals surface area contributed by atoms with Crippen molar-refractivity contribution in [2.45, 2.75) is 25.0 Å². The highest BCUT2D eigenvalue weighted by Crippen LogP contribution is 2.30. The van der Waals surface area contributed by atoms with Crippen LogP contribution >= 0.6 is 11.8 Å². The SMILES string of the molecule is COc1cc(OC)cc(-c2nnc(SCC(=O)N3CCC[C@@H](C)C3)o2)c1. The van der Waals surface area contributed by atoms with Gasteiger partial charge >= 0.3 is 0 Å². The smallest absolute Gasteiger partial charge is 0.277 e. The Balaban J connectivity index is 1.64. The van der Waals surface area contributed by atoms with Gasteiger partial charge in [-0.2, -0.15) is 0 Å². The molecule has 0 N–H and O–H groups in total. The van der Waals surface area contributed by atoms with E-state index in [1.165, 1.54) is 18.2 Å². The van der Waals surface area contributed by atoms with Crippen LogP contribution in [0.1, 0.15) is 19.8 Å². The molecule has 0 radical (unpaired) electrons. The Bertz CT molecular complexity index is 742. The first kappa shape index (κ1) is 18.6. The normalized spacial score (nSPS) is 17.2. The van der Waals surface area contributed by atoms with Crippen LogP contribution in [-0.2, 0) is 4.79 Å². The van der Waals surface area contributed by atoms with Crippen LogP contribution in [-0.4, -0.2) is 54.1 Å². The van der Waals surface area contributed by atoms with Crippen molar-refractivity contribution in [3.63, 3.8) is 0 Å². The number of aromatic nitrogens is 2. The molecule has 8 heteroatoms. The van der Waals surface area contributed by atoms with Crippen LogP contribution in [0, 0.1) is 5.92 Å². The molecule has 3 rings (SSSR count). The quantitative estimate of drug-likeness (QED) is 0.716. The maximum Gasteiger partial charge on any atom is 0.277 e. The van der Waals surface area contributed by atoms with Crippen molar-refractivity contribution in [3.8, 4) is 23.0 Å². The highest BCUT2D eigenvalue weighted by molar-refractivity contribution is 7.99. The summed E-state index contributed by atoms with van der Waals surface area (Å²) >= 11 is 1.26. The van der Waals surface area contributed by atoms with E-state index in [-0.39, 0.29) is 5.91 Å². The van der Waals surface area contributed by atoms with Gasteiger partial charge in [0.25, 0.3) is 5.22 Å². The van der Waals surface area contributed by atoms with Gasteiger partial charge in [0.05, 0.1) is 20.0 Å². The summed E-state index contributed by atoms with van der Waals surface area (Å²) in [4.78, 5) is 14.3. The molecule has 2 heterocycles. The molecule has 1 saturated heterocycles. The summed E-state index contributed by atoms with van der Waals surface area (Å²) in [5.41, 5.74) is 0.705. The third-order valence-electron chi connectivity index (χ3n) is 4.33. The van der Waals surface area contributed by atoms with Crippen molar-refractivity contribution in [1.29, 1.82) is 0 Å². The lowest BCUT2D eigenvalue weighted by Gasteiger charge is -2.30. The summed E-state index contributed by atoms with van der Waals surface area (Å²) in [5.74, 6) is 2.63. The van der Waals surface area contributed by atoms with Crippen LogP contribution in [0.5, 0.6) is 11.5 Å². The Morgan fingerprint density at radius 2 is 2.00 bits per heavy atom. The van der Waals surface area contributed by atoms with E-state index in [0.29, 0.717) is 39.8 Å². The molecule has 7 nitrogen and oxygen atoms in total. The summed E-state index contributed by atoms with van der Waals surface area (Å²) in [6.07, 6.45) is 2.26. The predicted octanol–water partition coefficient (Wildman–Crippen LogP) is 3.10. The molecular formula is C18H23N3O4S. The lowest BCUT2D eigenvalue weighted by atomic mass is 10.0.